The Bertz CT molecular complexity index is 550. The van der Waals surface area contributed by atoms with E-state index in [0.717, 1.165) is 10.9 Å². The van der Waals surface area contributed by atoms with Gasteiger partial charge in [-0.15, -0.1) is 0 Å². The molecule has 1 amide bonds. The summed E-state index contributed by atoms with van der Waals surface area (Å²) >= 11 is 0. The molecular formula is C12H10N2O2. The third-order valence-corrected chi connectivity index (χ3v) is 2.15. The zero-order valence-corrected chi connectivity index (χ0v) is 8.42. The second-order valence-corrected chi connectivity index (χ2v) is 3.24. The maximum Gasteiger partial charge on any atom is 0.211 e. The van der Waals surface area contributed by atoms with E-state index in [9.17, 15) is 9.90 Å². The van der Waals surface area contributed by atoms with Crippen LogP contribution in [0.4, 0.5) is 0 Å². The SMILES string of the molecule is O=CNC=Cc1cnc2c(O)cccc2c1. The molecule has 2 N–H and O–H groups in total. The van der Waals surface area contributed by atoms with Crippen molar-refractivity contribution in [3.05, 3.63) is 42.2 Å². The molecule has 0 unspecified atom stereocenters. The third kappa shape index (κ3) is 2.00. The number of nitrogens with one attached hydrogen (secondary N) is 1. The number of phenolic OH excluding ortho intramolecular Hbond substituents is 1. The van der Waals surface area contributed by atoms with Gasteiger partial charge in [-0.25, -0.2) is 0 Å². The highest BCUT2D eigenvalue weighted by molar-refractivity contribution is 5.85. The van der Waals surface area contributed by atoms with Gasteiger partial charge in [0.15, 0.2) is 0 Å². The van der Waals surface area contributed by atoms with Crippen molar-refractivity contribution in [1.82, 2.24) is 10.3 Å². The number of nitrogens with zero attached hydrogens (tertiary/aromatic N) is 1. The lowest BCUT2D eigenvalue weighted by Gasteiger charge is -2.00. The van der Waals surface area contributed by atoms with Crippen molar-refractivity contribution in [3.8, 4) is 5.75 Å². The summed E-state index contributed by atoms with van der Waals surface area (Å²) in [4.78, 5) is 14.2. The van der Waals surface area contributed by atoms with Gasteiger partial charge >= 0.3 is 0 Å². The Morgan fingerprint density at radius 2 is 2.25 bits per heavy atom. The predicted molar refractivity (Wildman–Crippen MR) is 61.6 cm³/mol. The third-order valence-electron chi connectivity index (χ3n) is 2.15. The predicted octanol–water partition coefficient (Wildman–Crippen LogP) is 1.66. The molecule has 1 aromatic heterocycles. The Morgan fingerprint density at radius 1 is 1.38 bits per heavy atom. The van der Waals surface area contributed by atoms with Crippen LogP contribution in [0.25, 0.3) is 17.0 Å². The Morgan fingerprint density at radius 3 is 3.06 bits per heavy atom. The minimum absolute atomic E-state index is 0.166. The van der Waals surface area contributed by atoms with Crippen LogP contribution in [0.5, 0.6) is 5.75 Å². The van der Waals surface area contributed by atoms with E-state index in [1.54, 1.807) is 24.4 Å². The molecule has 1 heterocycles. The normalized spacial score (nSPS) is 10.8. The van der Waals surface area contributed by atoms with Gasteiger partial charge in [-0.05, 0) is 23.8 Å². The molecule has 0 aliphatic rings. The molecule has 0 bridgehead atoms. The Hall–Kier alpha value is -2.36. The number of carbonyl (C=O) groups is 1. The van der Waals surface area contributed by atoms with E-state index in [4.69, 9.17) is 0 Å². The summed E-state index contributed by atoms with van der Waals surface area (Å²) in [6.45, 7) is 0. The first kappa shape index (κ1) is 10.2. The number of aromatic hydroxyl groups is 1. The van der Waals surface area contributed by atoms with Crippen LogP contribution >= 0.6 is 0 Å². The largest absolute Gasteiger partial charge is 0.506 e. The van der Waals surface area contributed by atoms with Gasteiger partial charge in [-0.2, -0.15) is 0 Å². The van der Waals surface area contributed by atoms with E-state index < -0.39 is 0 Å². The lowest BCUT2D eigenvalue weighted by atomic mass is 10.1. The molecule has 0 spiro atoms. The van der Waals surface area contributed by atoms with E-state index in [1.807, 2.05) is 12.1 Å². The average Bonchev–Trinajstić information content (AvgIpc) is 2.30. The summed E-state index contributed by atoms with van der Waals surface area (Å²) in [5.74, 6) is 0.166. The van der Waals surface area contributed by atoms with Crippen molar-refractivity contribution in [3.63, 3.8) is 0 Å². The van der Waals surface area contributed by atoms with E-state index in [-0.39, 0.29) is 5.75 Å². The van der Waals surface area contributed by atoms with E-state index in [2.05, 4.69) is 10.3 Å². The van der Waals surface area contributed by atoms with Gasteiger partial charge in [0.2, 0.25) is 6.41 Å². The molecule has 0 radical (unpaired) electrons. The molecular weight excluding hydrogens is 204 g/mol. The molecule has 1 aromatic carbocycles. The van der Waals surface area contributed by atoms with Crippen LogP contribution in [0.15, 0.2) is 36.7 Å². The molecule has 0 fully saturated rings. The molecule has 0 atom stereocenters. The van der Waals surface area contributed by atoms with Crippen LogP contribution in [0.1, 0.15) is 5.56 Å². The fourth-order valence-electron chi connectivity index (χ4n) is 1.44. The summed E-state index contributed by atoms with van der Waals surface area (Å²) < 4.78 is 0. The van der Waals surface area contributed by atoms with Gasteiger partial charge in [-0.1, -0.05) is 12.1 Å². The number of para-hydroxylation sites is 1. The first-order valence-corrected chi connectivity index (χ1v) is 4.75. The fourth-order valence-corrected chi connectivity index (χ4v) is 1.44. The minimum Gasteiger partial charge on any atom is -0.506 e. The second-order valence-electron chi connectivity index (χ2n) is 3.24. The van der Waals surface area contributed by atoms with Gasteiger partial charge in [-0.3, -0.25) is 9.78 Å². The van der Waals surface area contributed by atoms with Crippen molar-refractivity contribution < 1.29 is 9.90 Å². The Labute approximate surface area is 92.2 Å². The van der Waals surface area contributed by atoms with Crippen molar-refractivity contribution in [2.45, 2.75) is 0 Å². The molecule has 4 heteroatoms. The van der Waals surface area contributed by atoms with E-state index in [0.29, 0.717) is 11.9 Å². The topological polar surface area (TPSA) is 62.2 Å². The van der Waals surface area contributed by atoms with Crippen LogP contribution in [0.2, 0.25) is 0 Å². The summed E-state index contributed by atoms with van der Waals surface area (Å²) in [5.41, 5.74) is 1.43. The highest BCUT2D eigenvalue weighted by Crippen LogP contribution is 2.22. The van der Waals surface area contributed by atoms with Crippen molar-refractivity contribution in [2.75, 3.05) is 0 Å². The first-order chi connectivity index (χ1) is 7.81. The molecule has 2 aromatic rings. The van der Waals surface area contributed by atoms with Gasteiger partial charge in [0, 0.05) is 17.8 Å². The minimum atomic E-state index is 0.166. The standard InChI is InChI=1S/C12H10N2O2/c15-8-13-5-4-9-6-10-2-1-3-11(16)12(10)14-7-9/h1-8,16H,(H,13,15). The highest BCUT2D eigenvalue weighted by Gasteiger charge is 1.99. The Kier molecular flexibility index (Phi) is 2.82. The monoisotopic (exact) mass is 214 g/mol. The zero-order valence-electron chi connectivity index (χ0n) is 8.42. The fraction of sp³-hybridized carbons (Fsp3) is 0. The number of fused-ring (bicyclic) bond motifs is 1. The summed E-state index contributed by atoms with van der Waals surface area (Å²) in [6, 6.07) is 7.10. The maximum atomic E-state index is 10.0. The lowest BCUT2D eigenvalue weighted by Crippen LogP contribution is -1.97. The number of rotatable bonds is 3. The van der Waals surface area contributed by atoms with Crippen molar-refractivity contribution in [2.24, 2.45) is 0 Å². The molecule has 80 valence electrons. The number of hydrogen-bond donors (Lipinski definition) is 2. The Balaban J connectivity index is 2.41. The van der Waals surface area contributed by atoms with Crippen LogP contribution < -0.4 is 5.32 Å². The van der Waals surface area contributed by atoms with Crippen LogP contribution in [0.3, 0.4) is 0 Å². The number of aromatic nitrogens is 1. The summed E-state index contributed by atoms with van der Waals surface area (Å²) in [6.07, 6.45) is 5.48. The molecule has 0 aliphatic carbocycles. The molecule has 2 rings (SSSR count). The summed E-state index contributed by atoms with van der Waals surface area (Å²) in [7, 11) is 0. The van der Waals surface area contributed by atoms with Gasteiger partial charge in [0.05, 0.1) is 0 Å². The smallest absolute Gasteiger partial charge is 0.211 e. The molecule has 0 saturated heterocycles. The lowest BCUT2D eigenvalue weighted by molar-refractivity contribution is -0.108. The number of hydrogen-bond acceptors (Lipinski definition) is 3. The second kappa shape index (κ2) is 4.44. The zero-order chi connectivity index (χ0) is 11.4. The van der Waals surface area contributed by atoms with Crippen LogP contribution in [0, 0.1) is 0 Å². The maximum absolute atomic E-state index is 10.0. The average molecular weight is 214 g/mol. The van der Waals surface area contributed by atoms with Gasteiger partial charge in [0.25, 0.3) is 0 Å². The number of amides is 1. The first-order valence-electron chi connectivity index (χ1n) is 4.75. The summed E-state index contributed by atoms with van der Waals surface area (Å²) in [5, 5.41) is 12.8. The highest BCUT2D eigenvalue weighted by atomic mass is 16.3. The van der Waals surface area contributed by atoms with Gasteiger partial charge in [0.1, 0.15) is 11.3 Å². The van der Waals surface area contributed by atoms with E-state index in [1.165, 1.54) is 6.20 Å². The molecule has 0 aliphatic heterocycles. The van der Waals surface area contributed by atoms with Crippen molar-refractivity contribution >= 4 is 23.4 Å². The number of phenols is 1. The van der Waals surface area contributed by atoms with Crippen molar-refractivity contribution in [1.29, 1.82) is 0 Å². The molecule has 0 saturated carbocycles. The molecule has 4 nitrogen and oxygen atoms in total. The van der Waals surface area contributed by atoms with Crippen LogP contribution in [-0.2, 0) is 4.79 Å². The van der Waals surface area contributed by atoms with Gasteiger partial charge < -0.3 is 10.4 Å². The van der Waals surface area contributed by atoms with Crippen LogP contribution in [-0.4, -0.2) is 16.5 Å². The quantitative estimate of drug-likeness (QED) is 0.764. The number of pyridine rings is 1. The van der Waals surface area contributed by atoms with E-state index >= 15 is 0 Å². The number of carbonyl (C=O) groups excluding carboxylic acids is 1. The molecule has 16 heavy (non-hydrogen) atoms. The number of benzene rings is 1.